The van der Waals surface area contributed by atoms with E-state index in [1.165, 1.54) is 0 Å². The van der Waals surface area contributed by atoms with Gasteiger partial charge in [-0.2, -0.15) is 4.98 Å². The topological polar surface area (TPSA) is 74.2 Å². The number of aromatic nitrogens is 2. The number of nitrogens with two attached hydrogens (primary N) is 1. The van der Waals surface area contributed by atoms with E-state index in [0.29, 0.717) is 29.7 Å². The van der Waals surface area contributed by atoms with Crippen molar-refractivity contribution >= 4 is 24.0 Å². The Hall–Kier alpha value is -1.14. The Morgan fingerprint density at radius 3 is 2.79 bits per heavy atom. The standard InChI is InChI=1S/C12H14ClN3O2.ClH/c1-17-10(7-14)12-15-11(16-18-12)6-8-4-2-3-5-9(8)13;/h2-5,10H,6-7,14H2,1H3;1H. The van der Waals surface area contributed by atoms with Crippen LogP contribution in [0.4, 0.5) is 0 Å². The van der Waals surface area contributed by atoms with Crippen molar-refractivity contribution in [2.75, 3.05) is 13.7 Å². The molecule has 2 rings (SSSR count). The maximum atomic E-state index is 6.07. The predicted octanol–water partition coefficient (Wildman–Crippen LogP) is 2.38. The van der Waals surface area contributed by atoms with Gasteiger partial charge in [-0.3, -0.25) is 0 Å². The highest BCUT2D eigenvalue weighted by molar-refractivity contribution is 6.31. The quantitative estimate of drug-likeness (QED) is 0.918. The number of rotatable bonds is 5. The smallest absolute Gasteiger partial charge is 0.257 e. The van der Waals surface area contributed by atoms with Crippen LogP contribution >= 0.6 is 24.0 Å². The average molecular weight is 304 g/mol. The molecule has 19 heavy (non-hydrogen) atoms. The minimum atomic E-state index is -0.363. The van der Waals surface area contributed by atoms with Gasteiger partial charge in [-0.25, -0.2) is 0 Å². The van der Waals surface area contributed by atoms with Gasteiger partial charge in [0.2, 0.25) is 0 Å². The van der Waals surface area contributed by atoms with Crippen LogP contribution in [0.1, 0.15) is 23.4 Å². The fourth-order valence-corrected chi connectivity index (χ4v) is 1.78. The van der Waals surface area contributed by atoms with Gasteiger partial charge in [-0.05, 0) is 11.6 Å². The Morgan fingerprint density at radius 1 is 1.42 bits per heavy atom. The van der Waals surface area contributed by atoms with E-state index in [1.807, 2.05) is 24.3 Å². The number of hydrogen-bond donors (Lipinski definition) is 1. The van der Waals surface area contributed by atoms with Crippen LogP contribution in [0.5, 0.6) is 0 Å². The van der Waals surface area contributed by atoms with Gasteiger partial charge in [-0.15, -0.1) is 12.4 Å². The maximum Gasteiger partial charge on any atom is 0.257 e. The molecule has 7 heteroatoms. The summed E-state index contributed by atoms with van der Waals surface area (Å²) in [5, 5.41) is 4.58. The maximum absolute atomic E-state index is 6.07. The summed E-state index contributed by atoms with van der Waals surface area (Å²) in [6.07, 6.45) is 0.155. The third-order valence-electron chi connectivity index (χ3n) is 2.56. The highest BCUT2D eigenvalue weighted by Crippen LogP contribution is 2.19. The molecule has 2 aromatic rings. The van der Waals surface area contributed by atoms with E-state index in [0.717, 1.165) is 5.56 Å². The molecule has 0 fully saturated rings. The molecule has 0 amide bonds. The summed E-state index contributed by atoms with van der Waals surface area (Å²) in [7, 11) is 1.55. The third kappa shape index (κ3) is 3.91. The zero-order valence-electron chi connectivity index (χ0n) is 10.4. The second kappa shape index (κ2) is 7.45. The van der Waals surface area contributed by atoms with Gasteiger partial charge >= 0.3 is 0 Å². The Kier molecular flexibility index (Phi) is 6.24. The molecule has 0 spiro atoms. The van der Waals surface area contributed by atoms with Crippen molar-refractivity contribution in [1.29, 1.82) is 0 Å². The highest BCUT2D eigenvalue weighted by atomic mass is 35.5. The van der Waals surface area contributed by atoms with Crippen molar-refractivity contribution in [2.24, 2.45) is 5.73 Å². The first-order chi connectivity index (χ1) is 8.74. The van der Waals surface area contributed by atoms with E-state index in [4.69, 9.17) is 26.6 Å². The monoisotopic (exact) mass is 303 g/mol. The predicted molar refractivity (Wildman–Crippen MR) is 74.6 cm³/mol. The first-order valence-electron chi connectivity index (χ1n) is 5.53. The van der Waals surface area contributed by atoms with Crippen molar-refractivity contribution in [3.8, 4) is 0 Å². The molecule has 104 valence electrons. The third-order valence-corrected chi connectivity index (χ3v) is 2.93. The molecule has 0 aliphatic heterocycles. The van der Waals surface area contributed by atoms with Gasteiger partial charge in [0, 0.05) is 25.1 Å². The van der Waals surface area contributed by atoms with E-state index < -0.39 is 0 Å². The van der Waals surface area contributed by atoms with E-state index >= 15 is 0 Å². The van der Waals surface area contributed by atoms with Gasteiger partial charge in [0.15, 0.2) is 5.82 Å². The van der Waals surface area contributed by atoms with Crippen LogP contribution < -0.4 is 5.73 Å². The van der Waals surface area contributed by atoms with Crippen molar-refractivity contribution in [1.82, 2.24) is 10.1 Å². The summed E-state index contributed by atoms with van der Waals surface area (Å²) in [6, 6.07) is 7.55. The van der Waals surface area contributed by atoms with Crippen LogP contribution in [0.2, 0.25) is 5.02 Å². The lowest BCUT2D eigenvalue weighted by Crippen LogP contribution is -2.14. The lowest BCUT2D eigenvalue weighted by molar-refractivity contribution is 0.0804. The lowest BCUT2D eigenvalue weighted by Gasteiger charge is -2.05. The fourth-order valence-electron chi connectivity index (χ4n) is 1.58. The fraction of sp³-hybridized carbons (Fsp3) is 0.333. The molecule has 0 aliphatic carbocycles. The summed E-state index contributed by atoms with van der Waals surface area (Å²) in [4.78, 5) is 4.25. The van der Waals surface area contributed by atoms with Crippen molar-refractivity contribution in [3.05, 3.63) is 46.6 Å². The molecule has 1 atom stereocenters. The van der Waals surface area contributed by atoms with Crippen LogP contribution in [-0.2, 0) is 11.2 Å². The Labute approximate surface area is 122 Å². The van der Waals surface area contributed by atoms with Gasteiger partial charge in [-0.1, -0.05) is 35.0 Å². The molecule has 1 aromatic carbocycles. The number of ether oxygens (including phenoxy) is 1. The van der Waals surface area contributed by atoms with Crippen LogP contribution in [0.15, 0.2) is 28.8 Å². The molecule has 0 aliphatic rings. The summed E-state index contributed by atoms with van der Waals surface area (Å²) < 4.78 is 10.2. The zero-order valence-corrected chi connectivity index (χ0v) is 11.9. The summed E-state index contributed by atoms with van der Waals surface area (Å²) in [5.74, 6) is 0.954. The number of halogens is 2. The number of methoxy groups -OCH3 is 1. The van der Waals surface area contributed by atoms with Gasteiger partial charge in [0.1, 0.15) is 6.10 Å². The second-order valence-electron chi connectivity index (χ2n) is 3.78. The Balaban J connectivity index is 0.00000180. The molecule has 0 bridgehead atoms. The average Bonchev–Trinajstić information content (AvgIpc) is 2.82. The molecule has 0 saturated heterocycles. The van der Waals surface area contributed by atoms with Crippen LogP contribution in [-0.4, -0.2) is 23.8 Å². The largest absolute Gasteiger partial charge is 0.370 e. The molecule has 5 nitrogen and oxygen atoms in total. The van der Waals surface area contributed by atoms with E-state index in [2.05, 4.69) is 10.1 Å². The van der Waals surface area contributed by atoms with Gasteiger partial charge in [0.05, 0.1) is 0 Å². The molecule has 1 aromatic heterocycles. The second-order valence-corrected chi connectivity index (χ2v) is 4.18. The Bertz CT molecular complexity index is 515. The molecular formula is C12H15Cl2N3O2. The van der Waals surface area contributed by atoms with Crippen molar-refractivity contribution < 1.29 is 9.26 Å². The molecular weight excluding hydrogens is 289 g/mol. The summed E-state index contributed by atoms with van der Waals surface area (Å²) >= 11 is 6.07. The normalized spacial score (nSPS) is 11.9. The number of hydrogen-bond acceptors (Lipinski definition) is 5. The Morgan fingerprint density at radius 2 is 2.16 bits per heavy atom. The van der Waals surface area contributed by atoms with Gasteiger partial charge in [0.25, 0.3) is 5.89 Å². The summed E-state index contributed by atoms with van der Waals surface area (Å²) in [5.41, 5.74) is 6.48. The first-order valence-corrected chi connectivity index (χ1v) is 5.91. The molecule has 1 heterocycles. The van der Waals surface area contributed by atoms with Gasteiger partial charge < -0.3 is 15.0 Å². The molecule has 2 N–H and O–H groups in total. The zero-order chi connectivity index (χ0) is 13.0. The SMILES string of the molecule is COC(CN)c1nc(Cc2ccccc2Cl)no1.Cl. The molecule has 1 unspecified atom stereocenters. The van der Waals surface area contributed by atoms with E-state index in [9.17, 15) is 0 Å². The van der Waals surface area contributed by atoms with Crippen LogP contribution in [0.3, 0.4) is 0 Å². The minimum absolute atomic E-state index is 0. The first kappa shape index (κ1) is 15.9. The number of benzene rings is 1. The summed E-state index contributed by atoms with van der Waals surface area (Å²) in [6.45, 7) is 0.296. The van der Waals surface area contributed by atoms with Crippen LogP contribution in [0.25, 0.3) is 0 Å². The minimum Gasteiger partial charge on any atom is -0.370 e. The molecule has 0 saturated carbocycles. The lowest BCUT2D eigenvalue weighted by atomic mass is 10.1. The molecule has 0 radical (unpaired) electrons. The van der Waals surface area contributed by atoms with E-state index in [-0.39, 0.29) is 18.5 Å². The van der Waals surface area contributed by atoms with E-state index in [1.54, 1.807) is 7.11 Å². The highest BCUT2D eigenvalue weighted by Gasteiger charge is 2.17. The van der Waals surface area contributed by atoms with Crippen molar-refractivity contribution in [2.45, 2.75) is 12.5 Å². The van der Waals surface area contributed by atoms with Crippen molar-refractivity contribution in [3.63, 3.8) is 0 Å². The van der Waals surface area contributed by atoms with Crippen LogP contribution in [0, 0.1) is 0 Å². The number of nitrogens with zero attached hydrogens (tertiary/aromatic N) is 2.